The molecule has 0 radical (unpaired) electrons. The lowest BCUT2D eigenvalue weighted by molar-refractivity contribution is -0.131. The van der Waals surface area contributed by atoms with E-state index >= 15 is 0 Å². The summed E-state index contributed by atoms with van der Waals surface area (Å²) in [6, 6.07) is 12.8. The quantitative estimate of drug-likeness (QED) is 0.714. The van der Waals surface area contributed by atoms with Gasteiger partial charge in [0.1, 0.15) is 11.2 Å². The third kappa shape index (κ3) is 2.70. The number of carbonyl (C=O) groups excluding carboxylic acids is 2. The van der Waals surface area contributed by atoms with Gasteiger partial charge in [-0.1, -0.05) is 41.1 Å². The van der Waals surface area contributed by atoms with E-state index in [1.807, 2.05) is 48.7 Å². The van der Waals surface area contributed by atoms with Gasteiger partial charge in [-0.25, -0.2) is 4.79 Å². The second-order valence-electron chi connectivity index (χ2n) is 6.47. The number of nitrogens with one attached hydrogen (secondary N) is 1. The van der Waals surface area contributed by atoms with E-state index in [0.717, 1.165) is 16.0 Å². The van der Waals surface area contributed by atoms with Crippen LogP contribution in [0.25, 0.3) is 10.6 Å². The van der Waals surface area contributed by atoms with Crippen molar-refractivity contribution < 1.29 is 14.1 Å². The van der Waals surface area contributed by atoms with Crippen molar-refractivity contribution in [2.75, 3.05) is 0 Å². The summed E-state index contributed by atoms with van der Waals surface area (Å²) < 4.78 is 5.33. The highest BCUT2D eigenvalue weighted by molar-refractivity contribution is 7.13. The van der Waals surface area contributed by atoms with Gasteiger partial charge in [0.05, 0.1) is 11.4 Å². The van der Waals surface area contributed by atoms with Gasteiger partial charge in [0.2, 0.25) is 0 Å². The highest BCUT2D eigenvalue weighted by atomic mass is 32.1. The predicted octanol–water partition coefficient (Wildman–Crippen LogP) is 3.68. The molecule has 1 atom stereocenters. The summed E-state index contributed by atoms with van der Waals surface area (Å²) in [5.41, 5.74) is 1.30. The number of amides is 3. The van der Waals surface area contributed by atoms with Crippen molar-refractivity contribution in [3.8, 4) is 10.6 Å². The second-order valence-corrected chi connectivity index (χ2v) is 7.42. The molecule has 132 valence electrons. The summed E-state index contributed by atoms with van der Waals surface area (Å²) in [7, 11) is 0. The van der Waals surface area contributed by atoms with E-state index in [0.29, 0.717) is 11.5 Å². The number of carbonyl (C=O) groups is 2. The smallest absolute Gasteiger partial charge is 0.325 e. The van der Waals surface area contributed by atoms with Crippen LogP contribution in [0.2, 0.25) is 0 Å². The number of hydrogen-bond acceptors (Lipinski definition) is 5. The van der Waals surface area contributed by atoms with Crippen LogP contribution in [0.15, 0.2) is 52.4 Å². The highest BCUT2D eigenvalue weighted by Crippen LogP contribution is 2.31. The summed E-state index contributed by atoms with van der Waals surface area (Å²) >= 11 is 1.54. The van der Waals surface area contributed by atoms with Gasteiger partial charge in [-0.05, 0) is 30.9 Å². The molecule has 26 heavy (non-hydrogen) atoms. The first kappa shape index (κ1) is 16.5. The van der Waals surface area contributed by atoms with E-state index in [4.69, 9.17) is 4.52 Å². The average Bonchev–Trinajstić information content (AvgIpc) is 3.34. The molecule has 1 aliphatic rings. The Bertz CT molecular complexity index is 962. The normalized spacial score (nSPS) is 19.8. The summed E-state index contributed by atoms with van der Waals surface area (Å²) in [5.74, 6) is 0.329. The number of aryl methyl sites for hydroxylation is 1. The lowest BCUT2D eigenvalue weighted by Gasteiger charge is -2.22. The van der Waals surface area contributed by atoms with Crippen LogP contribution in [-0.4, -0.2) is 22.0 Å². The average molecular weight is 367 g/mol. The summed E-state index contributed by atoms with van der Waals surface area (Å²) in [6.07, 6.45) is 0. The molecule has 1 saturated heterocycles. The summed E-state index contributed by atoms with van der Waals surface area (Å²) in [5, 5.41) is 8.74. The Balaban J connectivity index is 1.57. The van der Waals surface area contributed by atoms with Gasteiger partial charge in [0.15, 0.2) is 5.76 Å². The molecule has 2 aromatic heterocycles. The Morgan fingerprint density at radius 1 is 1.23 bits per heavy atom. The van der Waals surface area contributed by atoms with Crippen molar-refractivity contribution in [2.24, 2.45) is 0 Å². The topological polar surface area (TPSA) is 75.4 Å². The zero-order chi connectivity index (χ0) is 18.3. The largest absolute Gasteiger partial charge is 0.355 e. The van der Waals surface area contributed by atoms with Gasteiger partial charge >= 0.3 is 6.03 Å². The van der Waals surface area contributed by atoms with Crippen LogP contribution in [0, 0.1) is 6.92 Å². The van der Waals surface area contributed by atoms with E-state index in [1.54, 1.807) is 13.0 Å². The maximum atomic E-state index is 12.9. The fraction of sp³-hybridized carbons (Fsp3) is 0.211. The van der Waals surface area contributed by atoms with Crippen molar-refractivity contribution in [3.63, 3.8) is 0 Å². The number of thiophene rings is 1. The fourth-order valence-electron chi connectivity index (χ4n) is 3.01. The molecule has 1 N–H and O–H groups in total. The van der Waals surface area contributed by atoms with Gasteiger partial charge in [-0.3, -0.25) is 9.69 Å². The van der Waals surface area contributed by atoms with E-state index in [-0.39, 0.29) is 12.5 Å². The monoisotopic (exact) mass is 367 g/mol. The van der Waals surface area contributed by atoms with Crippen molar-refractivity contribution >= 4 is 23.3 Å². The zero-order valence-electron chi connectivity index (χ0n) is 14.4. The van der Waals surface area contributed by atoms with Crippen LogP contribution in [-0.2, 0) is 16.9 Å². The number of imide groups is 1. The number of rotatable bonds is 4. The zero-order valence-corrected chi connectivity index (χ0v) is 15.2. The Hall–Kier alpha value is -2.93. The molecule has 1 fully saturated rings. The molecular weight excluding hydrogens is 350 g/mol. The fourth-order valence-corrected chi connectivity index (χ4v) is 3.68. The molecule has 6 nitrogen and oxygen atoms in total. The van der Waals surface area contributed by atoms with Gasteiger partial charge in [-0.2, -0.15) is 0 Å². The maximum Gasteiger partial charge on any atom is 0.325 e. The van der Waals surface area contributed by atoms with Crippen molar-refractivity contribution in [2.45, 2.75) is 25.9 Å². The van der Waals surface area contributed by atoms with E-state index in [9.17, 15) is 9.59 Å². The Labute approximate surface area is 154 Å². The molecule has 1 unspecified atom stereocenters. The number of nitrogens with zero attached hydrogens (tertiary/aromatic N) is 2. The number of benzene rings is 1. The summed E-state index contributed by atoms with van der Waals surface area (Å²) in [4.78, 5) is 27.5. The Kier molecular flexibility index (Phi) is 3.88. The van der Waals surface area contributed by atoms with Crippen molar-refractivity contribution in [3.05, 3.63) is 64.7 Å². The highest BCUT2D eigenvalue weighted by Gasteiger charge is 2.49. The number of aromatic nitrogens is 1. The Morgan fingerprint density at radius 2 is 2.00 bits per heavy atom. The molecule has 0 aliphatic carbocycles. The first-order chi connectivity index (χ1) is 12.5. The first-order valence-electron chi connectivity index (χ1n) is 8.18. The predicted molar refractivity (Wildman–Crippen MR) is 97.4 cm³/mol. The SMILES string of the molecule is Cc1ccc(C2(C)NC(=O)N(Cc3cc(-c4cccs4)on3)C2=O)cc1. The standard InChI is InChI=1S/C19H17N3O3S/c1-12-5-7-13(8-6-12)19(2)17(23)22(18(24)20-19)11-14-10-15(25-21-14)16-4-3-9-26-16/h3-10H,11H2,1-2H3,(H,20,24). The molecule has 1 aliphatic heterocycles. The lowest BCUT2D eigenvalue weighted by Crippen LogP contribution is -2.40. The summed E-state index contributed by atoms with van der Waals surface area (Å²) in [6.45, 7) is 3.77. The van der Waals surface area contributed by atoms with Crippen molar-refractivity contribution in [1.82, 2.24) is 15.4 Å². The molecule has 4 rings (SSSR count). The first-order valence-corrected chi connectivity index (χ1v) is 9.06. The van der Waals surface area contributed by atoms with Crippen LogP contribution in [0.1, 0.15) is 23.7 Å². The van der Waals surface area contributed by atoms with Gasteiger partial charge in [-0.15, -0.1) is 11.3 Å². The molecule has 0 bridgehead atoms. The third-order valence-electron chi connectivity index (χ3n) is 4.55. The van der Waals surface area contributed by atoms with E-state index < -0.39 is 11.6 Å². The molecule has 3 heterocycles. The molecule has 3 amide bonds. The maximum absolute atomic E-state index is 12.9. The van der Waals surface area contributed by atoms with Crippen LogP contribution in [0.3, 0.4) is 0 Å². The second kappa shape index (κ2) is 6.10. The molecule has 1 aromatic carbocycles. The third-order valence-corrected chi connectivity index (χ3v) is 5.43. The van der Waals surface area contributed by atoms with Crippen LogP contribution in [0.4, 0.5) is 4.79 Å². The minimum absolute atomic E-state index is 0.0704. The molecule has 0 saturated carbocycles. The van der Waals surface area contributed by atoms with Crippen LogP contribution in [0.5, 0.6) is 0 Å². The van der Waals surface area contributed by atoms with Gasteiger partial charge in [0.25, 0.3) is 5.91 Å². The van der Waals surface area contributed by atoms with Gasteiger partial charge < -0.3 is 9.84 Å². The van der Waals surface area contributed by atoms with Gasteiger partial charge in [0, 0.05) is 6.07 Å². The molecule has 7 heteroatoms. The van der Waals surface area contributed by atoms with E-state index in [1.165, 1.54) is 16.2 Å². The van der Waals surface area contributed by atoms with Crippen LogP contribution >= 0.6 is 11.3 Å². The number of urea groups is 1. The number of hydrogen-bond donors (Lipinski definition) is 1. The lowest BCUT2D eigenvalue weighted by atomic mass is 9.91. The van der Waals surface area contributed by atoms with Crippen molar-refractivity contribution in [1.29, 1.82) is 0 Å². The van der Waals surface area contributed by atoms with E-state index in [2.05, 4.69) is 10.5 Å². The molecule has 0 spiro atoms. The minimum Gasteiger partial charge on any atom is -0.355 e. The Morgan fingerprint density at radius 3 is 2.69 bits per heavy atom. The minimum atomic E-state index is -1.08. The van der Waals surface area contributed by atoms with Crippen LogP contribution < -0.4 is 5.32 Å². The molecular formula is C19H17N3O3S. The molecule has 3 aromatic rings.